The van der Waals surface area contributed by atoms with Crippen molar-refractivity contribution in [2.24, 2.45) is 11.8 Å². The summed E-state index contributed by atoms with van der Waals surface area (Å²) < 4.78 is 29.2. The lowest BCUT2D eigenvalue weighted by Crippen LogP contribution is -2.47. The average molecular weight is 639 g/mol. The Labute approximate surface area is 266 Å². The molecule has 45 heavy (non-hydrogen) atoms. The van der Waals surface area contributed by atoms with Crippen molar-refractivity contribution in [1.82, 2.24) is 10.6 Å². The second-order valence-corrected chi connectivity index (χ2v) is 15.2. The number of hydrogen-bond donors (Lipinski definition) is 4. The van der Waals surface area contributed by atoms with Crippen molar-refractivity contribution < 1.29 is 33.0 Å². The number of fused-ring (bicyclic) bond motifs is 1. The zero-order valence-electron chi connectivity index (χ0n) is 25.7. The predicted octanol–water partition coefficient (Wildman–Crippen LogP) is 4.48. The Morgan fingerprint density at radius 3 is 2.47 bits per heavy atom. The van der Waals surface area contributed by atoms with Crippen LogP contribution in [0.2, 0.25) is 0 Å². The first-order chi connectivity index (χ1) is 21.7. The molecule has 0 aromatic heterocycles. The van der Waals surface area contributed by atoms with Gasteiger partial charge in [0.2, 0.25) is 5.91 Å². The monoisotopic (exact) mass is 638 g/mol. The molecule has 10 heteroatoms. The summed E-state index contributed by atoms with van der Waals surface area (Å²) in [4.78, 5) is 26.8. The lowest BCUT2D eigenvalue weighted by molar-refractivity contribution is -0.127. The van der Waals surface area contributed by atoms with E-state index in [1.54, 1.807) is 0 Å². The first-order valence-electron chi connectivity index (χ1n) is 16.3. The van der Waals surface area contributed by atoms with Gasteiger partial charge in [-0.05, 0) is 48.3 Å². The highest BCUT2D eigenvalue weighted by atomic mass is 32.2. The van der Waals surface area contributed by atoms with Crippen LogP contribution >= 0.6 is 0 Å². The number of hydrogen-bond acceptors (Lipinski definition) is 7. The Morgan fingerprint density at radius 1 is 1.00 bits per heavy atom. The SMILES string of the molecule is O=C(N[C@@H](CC1CCCCC1)[C@@H](O)C[C@@H](C/C=C/c1ccccc1)C(=O)N[C@H]1c2ccccc2C[C@H]1O)O[C@H]1CCS(=O)(=O)C1. The number of sulfone groups is 1. The minimum atomic E-state index is -3.22. The number of carbonyl (C=O) groups excluding carboxylic acids is 2. The molecule has 0 radical (unpaired) electrons. The van der Waals surface area contributed by atoms with Crippen molar-refractivity contribution >= 4 is 27.9 Å². The molecular weight excluding hydrogens is 592 g/mol. The van der Waals surface area contributed by atoms with Gasteiger partial charge in [0.15, 0.2) is 9.84 Å². The van der Waals surface area contributed by atoms with Gasteiger partial charge in [-0.25, -0.2) is 13.2 Å². The van der Waals surface area contributed by atoms with Gasteiger partial charge in [-0.15, -0.1) is 0 Å². The number of amides is 2. The van der Waals surface area contributed by atoms with Crippen molar-refractivity contribution in [2.75, 3.05) is 11.5 Å². The third kappa shape index (κ3) is 9.40. The van der Waals surface area contributed by atoms with Crippen molar-refractivity contribution in [3.8, 4) is 0 Å². The number of ether oxygens (including phenoxy) is 1. The van der Waals surface area contributed by atoms with E-state index in [1.165, 1.54) is 6.42 Å². The van der Waals surface area contributed by atoms with Crippen molar-refractivity contribution in [1.29, 1.82) is 0 Å². The van der Waals surface area contributed by atoms with Gasteiger partial charge >= 0.3 is 6.09 Å². The van der Waals surface area contributed by atoms with E-state index in [0.717, 1.165) is 42.4 Å². The largest absolute Gasteiger partial charge is 0.445 e. The molecule has 6 atom stereocenters. The van der Waals surface area contributed by atoms with E-state index in [4.69, 9.17) is 4.74 Å². The minimum absolute atomic E-state index is 0.00741. The van der Waals surface area contributed by atoms with Crippen LogP contribution in [0.5, 0.6) is 0 Å². The summed E-state index contributed by atoms with van der Waals surface area (Å²) in [7, 11) is -3.22. The Hall–Kier alpha value is -3.21. The summed E-state index contributed by atoms with van der Waals surface area (Å²) in [5.74, 6) is -0.787. The maximum atomic E-state index is 13.8. The molecule has 2 fully saturated rings. The molecular formula is C35H46N2O7S. The molecule has 9 nitrogen and oxygen atoms in total. The molecule has 2 aromatic carbocycles. The second kappa shape index (κ2) is 15.4. The molecule has 244 valence electrons. The van der Waals surface area contributed by atoms with Gasteiger partial charge in [0.05, 0.1) is 35.8 Å². The number of carbonyl (C=O) groups is 2. The number of alkyl carbamates (subject to hydrolysis) is 1. The van der Waals surface area contributed by atoms with E-state index >= 15 is 0 Å². The van der Waals surface area contributed by atoms with E-state index in [1.807, 2.05) is 66.7 Å². The van der Waals surface area contributed by atoms with Crippen molar-refractivity contribution in [3.05, 3.63) is 77.4 Å². The van der Waals surface area contributed by atoms with Crippen LogP contribution < -0.4 is 10.6 Å². The van der Waals surface area contributed by atoms with Gasteiger partial charge in [0.25, 0.3) is 0 Å². The first-order valence-corrected chi connectivity index (χ1v) is 18.1. The van der Waals surface area contributed by atoms with Crippen LogP contribution in [0.3, 0.4) is 0 Å². The molecule has 5 rings (SSSR count). The average Bonchev–Trinajstić information content (AvgIpc) is 3.53. The molecule has 2 aliphatic carbocycles. The molecule has 3 aliphatic rings. The van der Waals surface area contributed by atoms with E-state index in [9.17, 15) is 28.2 Å². The van der Waals surface area contributed by atoms with Gasteiger partial charge < -0.3 is 25.6 Å². The van der Waals surface area contributed by atoms with Gasteiger partial charge in [-0.3, -0.25) is 4.79 Å². The van der Waals surface area contributed by atoms with Crippen LogP contribution in [0, 0.1) is 11.8 Å². The number of rotatable bonds is 12. The minimum Gasteiger partial charge on any atom is -0.445 e. The lowest BCUT2D eigenvalue weighted by atomic mass is 9.82. The van der Waals surface area contributed by atoms with Crippen molar-refractivity contribution in [3.63, 3.8) is 0 Å². The molecule has 1 heterocycles. The van der Waals surface area contributed by atoms with Crippen LogP contribution in [0.1, 0.15) is 80.5 Å². The Bertz CT molecular complexity index is 1420. The molecule has 0 bridgehead atoms. The van der Waals surface area contributed by atoms with Gasteiger partial charge in [0, 0.05) is 12.3 Å². The van der Waals surface area contributed by atoms with E-state index in [0.29, 0.717) is 25.2 Å². The highest BCUT2D eigenvalue weighted by Gasteiger charge is 2.36. The maximum Gasteiger partial charge on any atom is 0.407 e. The maximum absolute atomic E-state index is 13.8. The molecule has 1 aliphatic heterocycles. The highest BCUT2D eigenvalue weighted by molar-refractivity contribution is 7.91. The van der Waals surface area contributed by atoms with E-state index in [-0.39, 0.29) is 30.3 Å². The van der Waals surface area contributed by atoms with Gasteiger partial charge in [-0.2, -0.15) is 0 Å². The summed E-state index contributed by atoms with van der Waals surface area (Å²) in [6, 6.07) is 16.2. The number of nitrogens with one attached hydrogen (secondary N) is 2. The molecule has 2 aromatic rings. The molecule has 1 saturated heterocycles. The zero-order valence-corrected chi connectivity index (χ0v) is 26.5. The van der Waals surface area contributed by atoms with Crippen LogP contribution in [0.4, 0.5) is 4.79 Å². The smallest absolute Gasteiger partial charge is 0.407 e. The number of allylic oxidation sites excluding steroid dienone is 1. The molecule has 0 spiro atoms. The zero-order chi connectivity index (χ0) is 31.8. The topological polar surface area (TPSA) is 142 Å². The fourth-order valence-corrected chi connectivity index (χ4v) is 8.59. The molecule has 4 N–H and O–H groups in total. The van der Waals surface area contributed by atoms with E-state index in [2.05, 4.69) is 10.6 Å². The van der Waals surface area contributed by atoms with Crippen molar-refractivity contribution in [2.45, 2.75) is 94.6 Å². The molecule has 2 amide bonds. The Morgan fingerprint density at radius 2 is 1.73 bits per heavy atom. The highest BCUT2D eigenvalue weighted by Crippen LogP contribution is 2.33. The fourth-order valence-electron chi connectivity index (χ4n) is 7.00. The summed E-state index contributed by atoms with van der Waals surface area (Å²) in [6.45, 7) is 0. The van der Waals surface area contributed by atoms with Gasteiger partial charge in [-0.1, -0.05) is 98.9 Å². The summed E-state index contributed by atoms with van der Waals surface area (Å²) in [6.07, 6.45) is 7.69. The normalized spacial score (nSPS) is 24.9. The summed E-state index contributed by atoms with van der Waals surface area (Å²) in [5.41, 5.74) is 2.89. The third-order valence-corrected chi connectivity index (χ3v) is 11.2. The lowest BCUT2D eigenvalue weighted by Gasteiger charge is -2.32. The van der Waals surface area contributed by atoms with Crippen LogP contribution in [0.25, 0.3) is 6.08 Å². The standard InChI is InChI=1S/C35H46N2O7S/c38-31(30(20-25-12-5-2-6-13-25)36-35(41)44-28-18-19-45(42,43)23-28)22-27(16-9-14-24-10-3-1-4-11-24)34(40)37-33-29-17-8-7-15-26(29)21-32(33)39/h1,3-4,7-11,14-15,17,25,27-28,30-33,38-39H,2,5-6,12-13,16,18-23H2,(H,36,41)(H,37,40)/b14-9+/t27-,28+,30+,31+,32-,33+/m1/s1. The van der Waals surface area contributed by atoms with Crippen LogP contribution in [-0.4, -0.2) is 66.5 Å². The van der Waals surface area contributed by atoms with Crippen LogP contribution in [-0.2, 0) is 25.8 Å². The van der Waals surface area contributed by atoms with E-state index < -0.39 is 52.2 Å². The van der Waals surface area contributed by atoms with Crippen LogP contribution in [0.15, 0.2) is 60.7 Å². The number of aliphatic hydroxyl groups is 2. The molecule has 0 unspecified atom stereocenters. The Kier molecular flexibility index (Phi) is 11.3. The first kappa shape index (κ1) is 33.2. The Balaban J connectivity index is 1.30. The number of benzene rings is 2. The fraction of sp³-hybridized carbons (Fsp3) is 0.543. The molecule has 1 saturated carbocycles. The van der Waals surface area contributed by atoms with Gasteiger partial charge in [0.1, 0.15) is 6.10 Å². The predicted molar refractivity (Wildman–Crippen MR) is 173 cm³/mol. The quantitative estimate of drug-likeness (QED) is 0.269. The number of aliphatic hydroxyl groups excluding tert-OH is 2. The third-order valence-electron chi connectivity index (χ3n) is 9.47. The summed E-state index contributed by atoms with van der Waals surface area (Å²) >= 11 is 0. The summed E-state index contributed by atoms with van der Waals surface area (Å²) in [5, 5.41) is 28.3. The second-order valence-electron chi connectivity index (χ2n) is 12.9.